The van der Waals surface area contributed by atoms with E-state index in [1.165, 1.54) is 12.1 Å². The fourth-order valence-corrected chi connectivity index (χ4v) is 2.45. The second-order valence-electron chi connectivity index (χ2n) is 3.36. The number of rotatable bonds is 6. The number of aromatic carboxylic acids is 1. The lowest BCUT2D eigenvalue weighted by molar-refractivity contribution is 0.0702. The molecule has 0 aliphatic rings. The molecule has 1 unspecified atom stereocenters. The van der Waals surface area contributed by atoms with Crippen molar-refractivity contribution in [3.8, 4) is 0 Å². The van der Waals surface area contributed by atoms with Gasteiger partial charge in [-0.25, -0.2) is 4.79 Å². The third kappa shape index (κ3) is 4.66. The minimum atomic E-state index is -1.03. The Morgan fingerprint density at radius 3 is 2.59 bits per heavy atom. The zero-order chi connectivity index (χ0) is 12.8. The van der Waals surface area contributed by atoms with Crippen LogP contribution in [0.25, 0.3) is 0 Å². The summed E-state index contributed by atoms with van der Waals surface area (Å²) < 4.78 is 10.8. The van der Waals surface area contributed by atoms with Crippen molar-refractivity contribution in [3.63, 3.8) is 0 Å². The molecule has 0 bridgehead atoms. The van der Waals surface area contributed by atoms with Gasteiger partial charge < -0.3 is 10.4 Å². The van der Waals surface area contributed by atoms with Gasteiger partial charge in [0.1, 0.15) is 4.88 Å². The molecule has 1 atom stereocenters. The quantitative estimate of drug-likeness (QED) is 0.757. The Kier molecular flexibility index (Phi) is 5.30. The Morgan fingerprint density at radius 1 is 1.41 bits per heavy atom. The first-order valence-corrected chi connectivity index (χ1v) is 7.46. The minimum Gasteiger partial charge on any atom is -0.477 e. The molecule has 1 rings (SSSR count). The Labute approximate surface area is 105 Å². The smallest absolute Gasteiger partial charge is 0.345 e. The molecule has 7 heteroatoms. The largest absolute Gasteiger partial charge is 0.477 e. The lowest BCUT2D eigenvalue weighted by atomic mass is 10.4. The molecule has 0 saturated heterocycles. The van der Waals surface area contributed by atoms with Crippen LogP contribution < -0.4 is 5.32 Å². The molecule has 1 amide bonds. The van der Waals surface area contributed by atoms with E-state index in [1.807, 2.05) is 0 Å². The van der Waals surface area contributed by atoms with Crippen molar-refractivity contribution in [1.82, 2.24) is 5.32 Å². The molecule has 0 saturated carbocycles. The average Bonchev–Trinajstić information content (AvgIpc) is 2.73. The van der Waals surface area contributed by atoms with Gasteiger partial charge in [0, 0.05) is 29.4 Å². The predicted octanol–water partition coefficient (Wildman–Crippen LogP) is 0.945. The molecule has 1 heterocycles. The molecular formula is C10H13NO4S2. The fourth-order valence-electron chi connectivity index (χ4n) is 1.14. The molecule has 0 aliphatic carbocycles. The lowest BCUT2D eigenvalue weighted by Crippen LogP contribution is -2.24. The second kappa shape index (κ2) is 6.51. The van der Waals surface area contributed by atoms with Crippen LogP contribution >= 0.6 is 11.3 Å². The van der Waals surface area contributed by atoms with Crippen molar-refractivity contribution in [3.05, 3.63) is 21.9 Å². The first kappa shape index (κ1) is 13.9. The van der Waals surface area contributed by atoms with Crippen LogP contribution in [0.1, 0.15) is 25.8 Å². The Bertz CT molecular complexity index is 441. The van der Waals surface area contributed by atoms with Crippen LogP contribution in [0.3, 0.4) is 0 Å². The molecule has 0 aliphatic heterocycles. The Hall–Kier alpha value is -1.21. The summed E-state index contributed by atoms with van der Waals surface area (Å²) in [7, 11) is -0.853. The highest BCUT2D eigenvalue weighted by atomic mass is 32.2. The van der Waals surface area contributed by atoms with Crippen LogP contribution in [-0.4, -0.2) is 39.7 Å². The van der Waals surface area contributed by atoms with E-state index in [0.717, 1.165) is 11.3 Å². The summed E-state index contributed by atoms with van der Waals surface area (Å²) in [5.41, 5.74) is 0. The van der Waals surface area contributed by atoms with Crippen LogP contribution in [0.15, 0.2) is 12.1 Å². The summed E-state index contributed by atoms with van der Waals surface area (Å²) >= 11 is 0.942. The molecular weight excluding hydrogens is 262 g/mol. The summed E-state index contributed by atoms with van der Waals surface area (Å²) in [6, 6.07) is 2.89. The molecule has 94 valence electrons. The van der Waals surface area contributed by atoms with Gasteiger partial charge >= 0.3 is 5.97 Å². The topological polar surface area (TPSA) is 83.5 Å². The van der Waals surface area contributed by atoms with Gasteiger partial charge in [-0.15, -0.1) is 11.3 Å². The highest BCUT2D eigenvalue weighted by molar-refractivity contribution is 7.84. The maximum absolute atomic E-state index is 11.6. The number of nitrogens with one attached hydrogen (secondary N) is 1. The average molecular weight is 275 g/mol. The summed E-state index contributed by atoms with van der Waals surface area (Å²) in [6.07, 6.45) is 2.26. The van der Waals surface area contributed by atoms with Gasteiger partial charge in [0.15, 0.2) is 0 Å². The predicted molar refractivity (Wildman–Crippen MR) is 67.2 cm³/mol. The molecule has 17 heavy (non-hydrogen) atoms. The first-order valence-electron chi connectivity index (χ1n) is 4.92. The van der Waals surface area contributed by atoms with Gasteiger partial charge in [0.05, 0.1) is 4.88 Å². The highest BCUT2D eigenvalue weighted by Gasteiger charge is 2.12. The molecule has 5 nitrogen and oxygen atoms in total. The third-order valence-corrected chi connectivity index (χ3v) is 3.87. The molecule has 0 radical (unpaired) electrons. The molecule has 1 aromatic heterocycles. The molecule has 0 spiro atoms. The van der Waals surface area contributed by atoms with Gasteiger partial charge in [-0.3, -0.25) is 9.00 Å². The van der Waals surface area contributed by atoms with E-state index in [9.17, 15) is 13.8 Å². The van der Waals surface area contributed by atoms with Crippen LogP contribution in [-0.2, 0) is 10.8 Å². The molecule has 1 aromatic rings. The number of hydrogen-bond donors (Lipinski definition) is 2. The number of carboxylic acid groups (broad SMARTS) is 1. The number of carbonyl (C=O) groups excluding carboxylic acids is 1. The molecule has 0 aromatic carbocycles. The zero-order valence-corrected chi connectivity index (χ0v) is 10.9. The van der Waals surface area contributed by atoms with Crippen LogP contribution in [0.4, 0.5) is 0 Å². The van der Waals surface area contributed by atoms with Gasteiger partial charge in [-0.1, -0.05) is 0 Å². The monoisotopic (exact) mass is 275 g/mol. The van der Waals surface area contributed by atoms with Crippen molar-refractivity contribution in [1.29, 1.82) is 0 Å². The molecule has 2 N–H and O–H groups in total. The standard InChI is InChI=1S/C10H13NO4S2/c1-17(15)6-2-5-11-9(12)7-3-4-8(16-7)10(13)14/h3-4H,2,5-6H2,1H3,(H,11,12)(H,13,14). The number of thiophene rings is 1. The maximum Gasteiger partial charge on any atom is 0.345 e. The summed E-state index contributed by atoms with van der Waals surface area (Å²) in [5, 5.41) is 11.4. The number of hydrogen-bond acceptors (Lipinski definition) is 4. The number of carboxylic acids is 1. The van der Waals surface area contributed by atoms with E-state index < -0.39 is 16.8 Å². The zero-order valence-electron chi connectivity index (χ0n) is 9.26. The van der Waals surface area contributed by atoms with Crippen molar-refractivity contribution in [2.45, 2.75) is 6.42 Å². The van der Waals surface area contributed by atoms with E-state index in [1.54, 1.807) is 6.26 Å². The third-order valence-electron chi connectivity index (χ3n) is 1.93. The second-order valence-corrected chi connectivity index (χ2v) is 5.99. The van der Waals surface area contributed by atoms with E-state index in [-0.39, 0.29) is 10.8 Å². The van der Waals surface area contributed by atoms with E-state index in [4.69, 9.17) is 5.11 Å². The Morgan fingerprint density at radius 2 is 2.06 bits per heavy atom. The van der Waals surface area contributed by atoms with Gasteiger partial charge in [0.25, 0.3) is 5.91 Å². The van der Waals surface area contributed by atoms with E-state index in [0.29, 0.717) is 23.6 Å². The summed E-state index contributed by atoms with van der Waals surface area (Å²) in [4.78, 5) is 22.7. The van der Waals surface area contributed by atoms with E-state index >= 15 is 0 Å². The van der Waals surface area contributed by atoms with Crippen LogP contribution in [0.2, 0.25) is 0 Å². The highest BCUT2D eigenvalue weighted by Crippen LogP contribution is 2.15. The van der Waals surface area contributed by atoms with Crippen molar-refractivity contribution < 1.29 is 18.9 Å². The van der Waals surface area contributed by atoms with Crippen molar-refractivity contribution in [2.75, 3.05) is 18.6 Å². The van der Waals surface area contributed by atoms with Crippen LogP contribution in [0, 0.1) is 0 Å². The first-order chi connectivity index (χ1) is 8.00. The minimum absolute atomic E-state index is 0.143. The van der Waals surface area contributed by atoms with Crippen molar-refractivity contribution >= 4 is 34.0 Å². The van der Waals surface area contributed by atoms with Gasteiger partial charge in [-0.2, -0.15) is 0 Å². The SMILES string of the molecule is CS(=O)CCCNC(=O)c1ccc(C(=O)O)s1. The van der Waals surface area contributed by atoms with Crippen molar-refractivity contribution in [2.24, 2.45) is 0 Å². The lowest BCUT2D eigenvalue weighted by Gasteiger charge is -2.01. The summed E-state index contributed by atoms with van der Waals surface area (Å²) in [6.45, 7) is 0.443. The van der Waals surface area contributed by atoms with Crippen LogP contribution in [0.5, 0.6) is 0 Å². The summed E-state index contributed by atoms with van der Waals surface area (Å²) in [5.74, 6) is -0.773. The van der Waals surface area contributed by atoms with Gasteiger partial charge in [0.2, 0.25) is 0 Å². The molecule has 0 fully saturated rings. The number of carbonyl (C=O) groups is 2. The maximum atomic E-state index is 11.6. The Balaban J connectivity index is 2.41. The fraction of sp³-hybridized carbons (Fsp3) is 0.400. The normalized spacial score (nSPS) is 12.1. The van der Waals surface area contributed by atoms with E-state index in [2.05, 4.69) is 5.32 Å². The van der Waals surface area contributed by atoms with Gasteiger partial charge in [-0.05, 0) is 18.6 Å². The number of amides is 1.